The first-order chi connectivity index (χ1) is 10.4. The van der Waals surface area contributed by atoms with Crippen LogP contribution in [0.1, 0.15) is 6.42 Å². The van der Waals surface area contributed by atoms with Crippen LogP contribution in [0.25, 0.3) is 0 Å². The predicted molar refractivity (Wildman–Crippen MR) is 79.5 cm³/mol. The van der Waals surface area contributed by atoms with Crippen molar-refractivity contribution in [3.8, 4) is 5.75 Å². The third-order valence-electron chi connectivity index (χ3n) is 3.09. The molecule has 0 spiro atoms. The van der Waals surface area contributed by atoms with Crippen LogP contribution in [0.4, 0.5) is 4.39 Å². The summed E-state index contributed by atoms with van der Waals surface area (Å²) in [7, 11) is -0.348. The number of benzene rings is 1. The molecule has 0 aliphatic rings. The first kappa shape index (κ1) is 16.4. The van der Waals surface area contributed by atoms with Gasteiger partial charge in [0.2, 0.25) is 10.0 Å². The minimum absolute atomic E-state index is 0.164. The van der Waals surface area contributed by atoms with Crippen LogP contribution in [0.15, 0.2) is 41.6 Å². The lowest BCUT2D eigenvalue weighted by Crippen LogP contribution is -2.28. The molecule has 0 saturated carbocycles. The molecule has 120 valence electrons. The van der Waals surface area contributed by atoms with Crippen LogP contribution < -0.4 is 4.74 Å². The van der Waals surface area contributed by atoms with Crippen molar-refractivity contribution in [1.29, 1.82) is 0 Å². The van der Waals surface area contributed by atoms with E-state index in [0.717, 1.165) is 0 Å². The van der Waals surface area contributed by atoms with Gasteiger partial charge >= 0.3 is 0 Å². The van der Waals surface area contributed by atoms with Crippen molar-refractivity contribution in [2.75, 3.05) is 20.2 Å². The third kappa shape index (κ3) is 4.05. The number of aromatic nitrogens is 2. The first-order valence-corrected chi connectivity index (χ1v) is 8.17. The molecule has 6 nitrogen and oxygen atoms in total. The maximum Gasteiger partial charge on any atom is 0.245 e. The average molecular weight is 327 g/mol. The summed E-state index contributed by atoms with van der Waals surface area (Å²) in [6.07, 6.45) is 3.30. The van der Waals surface area contributed by atoms with Crippen molar-refractivity contribution in [3.05, 3.63) is 42.5 Å². The van der Waals surface area contributed by atoms with Gasteiger partial charge in [0.15, 0.2) is 0 Å². The van der Waals surface area contributed by atoms with Gasteiger partial charge in [0.25, 0.3) is 0 Å². The second-order valence-electron chi connectivity index (χ2n) is 4.83. The highest BCUT2D eigenvalue weighted by molar-refractivity contribution is 7.89. The molecular formula is C14H18FN3O3S. The molecule has 0 atom stereocenters. The molecular weight excluding hydrogens is 309 g/mol. The van der Waals surface area contributed by atoms with Crippen molar-refractivity contribution >= 4 is 10.0 Å². The molecule has 1 heterocycles. The molecule has 0 aliphatic heterocycles. The van der Waals surface area contributed by atoms with E-state index >= 15 is 0 Å². The van der Waals surface area contributed by atoms with E-state index in [1.807, 2.05) is 0 Å². The molecule has 8 heteroatoms. The van der Waals surface area contributed by atoms with E-state index in [-0.39, 0.29) is 10.7 Å². The van der Waals surface area contributed by atoms with Crippen LogP contribution in [0, 0.1) is 5.82 Å². The summed E-state index contributed by atoms with van der Waals surface area (Å²) >= 11 is 0. The summed E-state index contributed by atoms with van der Waals surface area (Å²) in [6, 6.07) is 5.69. The van der Waals surface area contributed by atoms with E-state index in [4.69, 9.17) is 4.74 Å². The Morgan fingerprint density at radius 2 is 2.00 bits per heavy atom. The molecule has 0 amide bonds. The van der Waals surface area contributed by atoms with Gasteiger partial charge in [0.1, 0.15) is 16.5 Å². The fourth-order valence-electron chi connectivity index (χ4n) is 1.84. The lowest BCUT2D eigenvalue weighted by molar-refractivity contribution is 0.296. The predicted octanol–water partition coefficient (Wildman–Crippen LogP) is 1.65. The van der Waals surface area contributed by atoms with Crippen LogP contribution in [0.3, 0.4) is 0 Å². The monoisotopic (exact) mass is 327 g/mol. The van der Waals surface area contributed by atoms with Gasteiger partial charge < -0.3 is 4.74 Å². The van der Waals surface area contributed by atoms with Crippen LogP contribution in [-0.2, 0) is 17.1 Å². The molecule has 0 fully saturated rings. The van der Waals surface area contributed by atoms with Crippen LogP contribution in [0.2, 0.25) is 0 Å². The topological polar surface area (TPSA) is 64.4 Å². The Kier molecular flexibility index (Phi) is 5.15. The molecule has 0 aliphatic carbocycles. The number of sulfonamides is 1. The maximum absolute atomic E-state index is 12.7. The highest BCUT2D eigenvalue weighted by atomic mass is 32.2. The van der Waals surface area contributed by atoms with Gasteiger partial charge in [0, 0.05) is 26.8 Å². The highest BCUT2D eigenvalue weighted by Crippen LogP contribution is 2.14. The van der Waals surface area contributed by atoms with E-state index in [1.54, 1.807) is 7.05 Å². The van der Waals surface area contributed by atoms with Gasteiger partial charge in [-0.05, 0) is 30.7 Å². The molecule has 0 N–H and O–H groups in total. The minimum Gasteiger partial charge on any atom is -0.494 e. The van der Waals surface area contributed by atoms with E-state index in [1.165, 1.54) is 52.7 Å². The lowest BCUT2D eigenvalue weighted by atomic mass is 10.3. The fourth-order valence-corrected chi connectivity index (χ4v) is 3.04. The van der Waals surface area contributed by atoms with E-state index in [2.05, 4.69) is 5.10 Å². The Balaban J connectivity index is 1.82. The summed E-state index contributed by atoms with van der Waals surface area (Å²) in [5.41, 5.74) is 0. The molecule has 0 radical (unpaired) electrons. The van der Waals surface area contributed by atoms with Crippen LogP contribution >= 0.6 is 0 Å². The van der Waals surface area contributed by atoms with E-state index in [0.29, 0.717) is 25.3 Å². The van der Waals surface area contributed by atoms with Crippen molar-refractivity contribution in [2.45, 2.75) is 11.3 Å². The zero-order valence-electron chi connectivity index (χ0n) is 12.4. The Labute approximate surface area is 129 Å². The number of nitrogens with zero attached hydrogens (tertiary/aromatic N) is 3. The lowest BCUT2D eigenvalue weighted by Gasteiger charge is -2.16. The molecule has 0 saturated heterocycles. The molecule has 2 rings (SSSR count). The van der Waals surface area contributed by atoms with Crippen molar-refractivity contribution in [1.82, 2.24) is 14.1 Å². The number of ether oxygens (including phenoxy) is 1. The number of halogens is 1. The largest absolute Gasteiger partial charge is 0.494 e. The maximum atomic E-state index is 12.7. The Morgan fingerprint density at radius 1 is 1.32 bits per heavy atom. The number of hydrogen-bond donors (Lipinski definition) is 0. The summed E-state index contributed by atoms with van der Waals surface area (Å²) in [4.78, 5) is 0.164. The van der Waals surface area contributed by atoms with Gasteiger partial charge in [-0.3, -0.25) is 4.68 Å². The summed E-state index contributed by atoms with van der Waals surface area (Å²) in [5, 5.41) is 3.86. The molecule has 1 aromatic carbocycles. The van der Waals surface area contributed by atoms with Gasteiger partial charge in [-0.15, -0.1) is 0 Å². The summed E-state index contributed by atoms with van der Waals surface area (Å²) in [6.45, 7) is 0.664. The van der Waals surface area contributed by atoms with E-state index in [9.17, 15) is 12.8 Å². The average Bonchev–Trinajstić information content (AvgIpc) is 2.92. The minimum atomic E-state index is -3.52. The standard InChI is InChI=1S/C14H18FN3O3S/c1-17-11-14(10-16-17)22(19,20)18(2)8-3-9-21-13-6-4-12(15)5-7-13/h4-7,10-11H,3,8-9H2,1-2H3. The van der Waals surface area contributed by atoms with Crippen LogP contribution in [0.5, 0.6) is 5.75 Å². The number of aryl methyl sites for hydroxylation is 1. The molecule has 22 heavy (non-hydrogen) atoms. The first-order valence-electron chi connectivity index (χ1n) is 6.73. The van der Waals surface area contributed by atoms with Crippen molar-refractivity contribution in [3.63, 3.8) is 0 Å². The van der Waals surface area contributed by atoms with Gasteiger partial charge in [-0.25, -0.2) is 17.1 Å². The SMILES string of the molecule is CN(CCCOc1ccc(F)cc1)S(=O)(=O)c1cnn(C)c1. The second-order valence-corrected chi connectivity index (χ2v) is 6.88. The quantitative estimate of drug-likeness (QED) is 0.725. The molecule has 0 bridgehead atoms. The molecule has 0 unspecified atom stereocenters. The zero-order chi connectivity index (χ0) is 16.2. The van der Waals surface area contributed by atoms with Gasteiger partial charge in [-0.2, -0.15) is 5.10 Å². The van der Waals surface area contributed by atoms with Gasteiger partial charge in [-0.1, -0.05) is 0 Å². The zero-order valence-corrected chi connectivity index (χ0v) is 13.3. The second kappa shape index (κ2) is 6.89. The summed E-state index contributed by atoms with van der Waals surface area (Å²) < 4.78 is 45.3. The van der Waals surface area contributed by atoms with Crippen LogP contribution in [-0.4, -0.2) is 42.7 Å². The van der Waals surface area contributed by atoms with Gasteiger partial charge in [0.05, 0.1) is 12.8 Å². The normalized spacial score (nSPS) is 11.8. The Bertz CT molecular complexity index is 713. The molecule has 1 aromatic heterocycles. The fraction of sp³-hybridized carbons (Fsp3) is 0.357. The molecule has 2 aromatic rings. The summed E-state index contributed by atoms with van der Waals surface area (Å²) in [5.74, 6) is 0.230. The van der Waals surface area contributed by atoms with E-state index < -0.39 is 10.0 Å². The Hall–Kier alpha value is -1.93. The Morgan fingerprint density at radius 3 is 2.59 bits per heavy atom. The van der Waals surface area contributed by atoms with Crippen molar-refractivity contribution < 1.29 is 17.5 Å². The number of rotatable bonds is 7. The number of hydrogen-bond acceptors (Lipinski definition) is 4. The highest BCUT2D eigenvalue weighted by Gasteiger charge is 2.21. The smallest absolute Gasteiger partial charge is 0.245 e. The van der Waals surface area contributed by atoms with Crippen molar-refractivity contribution in [2.24, 2.45) is 7.05 Å². The third-order valence-corrected chi connectivity index (χ3v) is 4.90.